The summed E-state index contributed by atoms with van der Waals surface area (Å²) in [5, 5.41) is 0. The van der Waals surface area contributed by atoms with E-state index in [0.717, 1.165) is 6.42 Å². The van der Waals surface area contributed by atoms with E-state index in [2.05, 4.69) is 51.6 Å². The average Bonchev–Trinajstić information content (AvgIpc) is 2.27. The van der Waals surface area contributed by atoms with Gasteiger partial charge in [-0.25, -0.2) is 0 Å². The van der Waals surface area contributed by atoms with Gasteiger partial charge < -0.3 is 10.6 Å². The summed E-state index contributed by atoms with van der Waals surface area (Å²) in [6.45, 7) is 11.6. The molecule has 0 amide bonds. The van der Waals surface area contributed by atoms with Crippen molar-refractivity contribution in [3.8, 4) is 0 Å². The van der Waals surface area contributed by atoms with Crippen LogP contribution in [-0.2, 0) is 0 Å². The van der Waals surface area contributed by atoms with E-state index in [1.54, 1.807) is 0 Å². The molecular formula is C15H33N3. The smallest absolute Gasteiger partial charge is 0.0296 e. The van der Waals surface area contributed by atoms with Crippen LogP contribution in [0.5, 0.6) is 0 Å². The third kappa shape index (κ3) is 3.94. The molecule has 3 unspecified atom stereocenters. The Labute approximate surface area is 114 Å². The lowest BCUT2D eigenvalue weighted by atomic mass is 9.79. The summed E-state index contributed by atoms with van der Waals surface area (Å²) in [5.74, 6) is 0. The molecule has 3 nitrogen and oxygen atoms in total. The van der Waals surface area contributed by atoms with E-state index in [0.29, 0.717) is 12.1 Å². The second-order valence-electron chi connectivity index (χ2n) is 7.14. The molecule has 0 aromatic heterocycles. The predicted octanol–water partition coefficient (Wildman–Crippen LogP) is 2.16. The Morgan fingerprint density at radius 1 is 1.33 bits per heavy atom. The molecule has 0 aliphatic carbocycles. The number of nitrogens with zero attached hydrogens (tertiary/aromatic N) is 2. The molecule has 2 N–H and O–H groups in total. The number of hydrogen-bond donors (Lipinski definition) is 1. The summed E-state index contributed by atoms with van der Waals surface area (Å²) < 4.78 is 0. The molecule has 0 saturated carbocycles. The molecule has 1 heterocycles. The van der Waals surface area contributed by atoms with Gasteiger partial charge in [0.05, 0.1) is 0 Å². The maximum atomic E-state index is 6.40. The number of likely N-dealkylation sites (tertiary alicyclic amines) is 1. The van der Waals surface area contributed by atoms with E-state index in [1.807, 2.05) is 0 Å². The van der Waals surface area contributed by atoms with Crippen LogP contribution in [0.3, 0.4) is 0 Å². The highest BCUT2D eigenvalue weighted by atomic mass is 15.2. The van der Waals surface area contributed by atoms with Gasteiger partial charge in [0, 0.05) is 24.7 Å². The monoisotopic (exact) mass is 255 g/mol. The topological polar surface area (TPSA) is 32.5 Å². The second-order valence-corrected chi connectivity index (χ2v) is 7.14. The van der Waals surface area contributed by atoms with Crippen molar-refractivity contribution in [2.45, 2.75) is 65.1 Å². The standard InChI is InChI=1S/C15H33N3/c1-7-13(16)14(15(2,3)4)18-10-8-9-12(11-18)17(5)6/h12-14H,7-11,16H2,1-6H3. The molecule has 0 aromatic carbocycles. The summed E-state index contributed by atoms with van der Waals surface area (Å²) in [5.41, 5.74) is 6.65. The summed E-state index contributed by atoms with van der Waals surface area (Å²) in [6.07, 6.45) is 3.68. The van der Waals surface area contributed by atoms with Gasteiger partial charge >= 0.3 is 0 Å². The normalized spacial score (nSPS) is 26.3. The Kier molecular flexibility index (Phi) is 5.63. The van der Waals surface area contributed by atoms with Crippen LogP contribution < -0.4 is 5.73 Å². The minimum atomic E-state index is 0.254. The first-order valence-electron chi connectivity index (χ1n) is 7.43. The fourth-order valence-electron chi connectivity index (χ4n) is 3.34. The largest absolute Gasteiger partial charge is 0.326 e. The highest BCUT2D eigenvalue weighted by molar-refractivity contribution is 4.93. The molecule has 0 radical (unpaired) electrons. The van der Waals surface area contributed by atoms with Gasteiger partial charge in [0.2, 0.25) is 0 Å². The SMILES string of the molecule is CCC(N)C(N1CCCC(N(C)C)C1)C(C)(C)C. The molecule has 1 aliphatic heterocycles. The van der Waals surface area contributed by atoms with Gasteiger partial charge in [-0.2, -0.15) is 0 Å². The van der Waals surface area contributed by atoms with Crippen molar-refractivity contribution in [1.82, 2.24) is 9.80 Å². The predicted molar refractivity (Wildman–Crippen MR) is 79.8 cm³/mol. The van der Waals surface area contributed by atoms with Crippen LogP contribution in [0.4, 0.5) is 0 Å². The van der Waals surface area contributed by atoms with E-state index in [9.17, 15) is 0 Å². The molecule has 0 bridgehead atoms. The molecular weight excluding hydrogens is 222 g/mol. The Hall–Kier alpha value is -0.120. The van der Waals surface area contributed by atoms with Crippen LogP contribution in [-0.4, -0.2) is 55.1 Å². The molecule has 3 atom stereocenters. The first-order valence-corrected chi connectivity index (χ1v) is 7.43. The molecule has 1 aliphatic rings. The summed E-state index contributed by atoms with van der Waals surface area (Å²) in [6, 6.07) is 1.46. The van der Waals surface area contributed by atoms with Crippen molar-refractivity contribution in [3.63, 3.8) is 0 Å². The van der Waals surface area contributed by atoms with Gasteiger partial charge in [-0.15, -0.1) is 0 Å². The Balaban J connectivity index is 2.79. The van der Waals surface area contributed by atoms with Gasteiger partial charge in [-0.1, -0.05) is 27.7 Å². The first-order chi connectivity index (χ1) is 8.27. The Morgan fingerprint density at radius 2 is 1.94 bits per heavy atom. The zero-order valence-corrected chi connectivity index (χ0v) is 13.2. The Bertz CT molecular complexity index is 245. The molecule has 108 valence electrons. The lowest BCUT2D eigenvalue weighted by molar-refractivity contribution is 0.0299. The minimum Gasteiger partial charge on any atom is -0.326 e. The maximum Gasteiger partial charge on any atom is 0.0296 e. The highest BCUT2D eigenvalue weighted by Gasteiger charge is 2.36. The highest BCUT2D eigenvalue weighted by Crippen LogP contribution is 2.30. The fourth-order valence-corrected chi connectivity index (χ4v) is 3.34. The van der Waals surface area contributed by atoms with Crippen LogP contribution in [0.25, 0.3) is 0 Å². The quantitative estimate of drug-likeness (QED) is 0.835. The third-order valence-corrected chi connectivity index (χ3v) is 4.32. The zero-order valence-electron chi connectivity index (χ0n) is 13.2. The molecule has 3 heteroatoms. The zero-order chi connectivity index (χ0) is 13.9. The van der Waals surface area contributed by atoms with E-state index >= 15 is 0 Å². The number of hydrogen-bond acceptors (Lipinski definition) is 3. The first kappa shape index (κ1) is 15.9. The van der Waals surface area contributed by atoms with Gasteiger partial charge in [-0.3, -0.25) is 4.90 Å². The molecule has 1 saturated heterocycles. The van der Waals surface area contributed by atoms with Crippen molar-refractivity contribution < 1.29 is 0 Å². The minimum absolute atomic E-state index is 0.254. The van der Waals surface area contributed by atoms with Crippen LogP contribution >= 0.6 is 0 Å². The van der Waals surface area contributed by atoms with Crippen molar-refractivity contribution in [3.05, 3.63) is 0 Å². The Morgan fingerprint density at radius 3 is 2.39 bits per heavy atom. The van der Waals surface area contributed by atoms with Crippen LogP contribution in [0, 0.1) is 5.41 Å². The number of likely N-dealkylation sites (N-methyl/N-ethyl adjacent to an activating group) is 1. The van der Waals surface area contributed by atoms with Crippen LogP contribution in [0.1, 0.15) is 47.0 Å². The second kappa shape index (κ2) is 6.36. The molecule has 0 aromatic rings. The van der Waals surface area contributed by atoms with Crippen LogP contribution in [0.2, 0.25) is 0 Å². The number of rotatable bonds is 4. The molecule has 1 fully saturated rings. The van der Waals surface area contributed by atoms with Gasteiger partial charge in [0.25, 0.3) is 0 Å². The van der Waals surface area contributed by atoms with Crippen molar-refractivity contribution in [1.29, 1.82) is 0 Å². The van der Waals surface area contributed by atoms with E-state index in [4.69, 9.17) is 5.73 Å². The fraction of sp³-hybridized carbons (Fsp3) is 1.00. The summed E-state index contributed by atoms with van der Waals surface area (Å²) in [7, 11) is 4.39. The van der Waals surface area contributed by atoms with E-state index in [-0.39, 0.29) is 11.5 Å². The molecule has 0 spiro atoms. The average molecular weight is 255 g/mol. The lowest BCUT2D eigenvalue weighted by Crippen LogP contribution is -2.59. The van der Waals surface area contributed by atoms with Crippen molar-refractivity contribution in [2.75, 3.05) is 27.2 Å². The van der Waals surface area contributed by atoms with Gasteiger partial charge in [-0.05, 0) is 45.3 Å². The third-order valence-electron chi connectivity index (χ3n) is 4.32. The van der Waals surface area contributed by atoms with E-state index in [1.165, 1.54) is 25.9 Å². The van der Waals surface area contributed by atoms with Gasteiger partial charge in [0.1, 0.15) is 0 Å². The number of piperidine rings is 1. The number of nitrogens with two attached hydrogens (primary N) is 1. The maximum absolute atomic E-state index is 6.40. The lowest BCUT2D eigenvalue weighted by Gasteiger charge is -2.47. The van der Waals surface area contributed by atoms with Crippen molar-refractivity contribution in [2.24, 2.45) is 11.1 Å². The van der Waals surface area contributed by atoms with Crippen LogP contribution in [0.15, 0.2) is 0 Å². The van der Waals surface area contributed by atoms with Crippen molar-refractivity contribution >= 4 is 0 Å². The van der Waals surface area contributed by atoms with E-state index < -0.39 is 0 Å². The summed E-state index contributed by atoms with van der Waals surface area (Å²) in [4.78, 5) is 5.01. The molecule has 1 rings (SSSR count). The summed E-state index contributed by atoms with van der Waals surface area (Å²) >= 11 is 0. The van der Waals surface area contributed by atoms with Gasteiger partial charge in [0.15, 0.2) is 0 Å². The molecule has 18 heavy (non-hydrogen) atoms.